The molecule has 6 nitrogen and oxygen atoms in total. The van der Waals surface area contributed by atoms with E-state index in [-0.39, 0.29) is 26.7 Å². The van der Waals surface area contributed by atoms with Gasteiger partial charge >= 0.3 is 0 Å². The van der Waals surface area contributed by atoms with Crippen molar-refractivity contribution in [1.29, 1.82) is 0 Å². The summed E-state index contributed by atoms with van der Waals surface area (Å²) in [5, 5.41) is 4.38. The highest BCUT2D eigenvalue weighted by atomic mass is 35.5. The minimum absolute atomic E-state index is 0.0111. The Kier molecular flexibility index (Phi) is 3.90. The number of hydrogen-bond donors (Lipinski definition) is 2. The van der Waals surface area contributed by atoms with Crippen LogP contribution in [0.1, 0.15) is 25.6 Å². The number of benzene rings is 1. The zero-order valence-electron chi connectivity index (χ0n) is 12.0. The first-order chi connectivity index (χ1) is 9.66. The summed E-state index contributed by atoms with van der Waals surface area (Å²) in [6.45, 7) is 5.36. The van der Waals surface area contributed by atoms with Gasteiger partial charge in [0.25, 0.3) is 0 Å². The maximum Gasteiger partial charge on any atom is 0.212 e. The molecule has 0 bridgehead atoms. The molecule has 114 valence electrons. The molecule has 0 aliphatic carbocycles. The largest absolute Gasteiger partial charge is 0.398 e. The second kappa shape index (κ2) is 5.23. The maximum atomic E-state index is 12.7. The van der Waals surface area contributed by atoms with Gasteiger partial charge in [-0.1, -0.05) is 11.6 Å². The fourth-order valence-electron chi connectivity index (χ4n) is 2.07. The van der Waals surface area contributed by atoms with E-state index >= 15 is 0 Å². The summed E-state index contributed by atoms with van der Waals surface area (Å²) < 4.78 is 27.0. The third-order valence-corrected chi connectivity index (χ3v) is 5.35. The molecule has 4 N–H and O–H groups in total. The summed E-state index contributed by atoms with van der Waals surface area (Å²) in [5.41, 5.74) is 12.2. The van der Waals surface area contributed by atoms with Gasteiger partial charge in [0.05, 0.1) is 21.3 Å². The lowest BCUT2D eigenvalue weighted by Gasteiger charge is -2.09. The van der Waals surface area contributed by atoms with Crippen LogP contribution in [0.3, 0.4) is 0 Å². The number of halogens is 1. The summed E-state index contributed by atoms with van der Waals surface area (Å²) in [6, 6.07) is 4.13. The fraction of sp³-hybridized carbons (Fsp3) is 0.308. The molecule has 0 radical (unpaired) electrons. The van der Waals surface area contributed by atoms with E-state index in [1.54, 1.807) is 6.92 Å². The molecule has 2 rings (SSSR count). The topological polar surface area (TPSA) is 104 Å². The van der Waals surface area contributed by atoms with Crippen molar-refractivity contribution in [3.05, 3.63) is 28.9 Å². The predicted molar refractivity (Wildman–Crippen MR) is 83.1 cm³/mol. The summed E-state index contributed by atoms with van der Waals surface area (Å²) in [4.78, 5) is 0.0526. The van der Waals surface area contributed by atoms with E-state index in [1.165, 1.54) is 22.9 Å². The van der Waals surface area contributed by atoms with E-state index in [4.69, 9.17) is 23.1 Å². The van der Waals surface area contributed by atoms with Crippen LogP contribution in [0.5, 0.6) is 0 Å². The van der Waals surface area contributed by atoms with Crippen LogP contribution in [0.25, 0.3) is 0 Å². The Morgan fingerprint density at radius 3 is 2.38 bits per heavy atom. The normalized spacial score (nSPS) is 12.0. The van der Waals surface area contributed by atoms with Crippen LogP contribution in [0.2, 0.25) is 5.02 Å². The molecule has 0 fully saturated rings. The van der Waals surface area contributed by atoms with Gasteiger partial charge in [0.1, 0.15) is 10.7 Å². The second-order valence-corrected chi connectivity index (χ2v) is 7.32. The van der Waals surface area contributed by atoms with E-state index in [0.717, 1.165) is 0 Å². The van der Waals surface area contributed by atoms with Crippen molar-refractivity contribution in [3.63, 3.8) is 0 Å². The third kappa shape index (κ3) is 2.58. The van der Waals surface area contributed by atoms with E-state index < -0.39 is 9.84 Å². The third-order valence-electron chi connectivity index (χ3n) is 3.11. The van der Waals surface area contributed by atoms with Gasteiger partial charge in [0.2, 0.25) is 9.84 Å². The van der Waals surface area contributed by atoms with Crippen LogP contribution in [0, 0.1) is 6.92 Å². The van der Waals surface area contributed by atoms with Crippen LogP contribution >= 0.6 is 11.6 Å². The first kappa shape index (κ1) is 15.7. The van der Waals surface area contributed by atoms with Gasteiger partial charge < -0.3 is 11.5 Å². The molecule has 2 aromatic rings. The van der Waals surface area contributed by atoms with E-state index in [9.17, 15) is 8.42 Å². The highest BCUT2D eigenvalue weighted by Crippen LogP contribution is 2.32. The van der Waals surface area contributed by atoms with Gasteiger partial charge in [-0.05, 0) is 39.0 Å². The molecule has 0 saturated carbocycles. The molecule has 0 amide bonds. The summed E-state index contributed by atoms with van der Waals surface area (Å²) in [7, 11) is -3.80. The second-order valence-electron chi connectivity index (χ2n) is 5.02. The fourth-order valence-corrected chi connectivity index (χ4v) is 3.87. The molecule has 1 aromatic carbocycles. The van der Waals surface area contributed by atoms with Crippen molar-refractivity contribution >= 4 is 32.9 Å². The lowest BCUT2D eigenvalue weighted by molar-refractivity contribution is 0.536. The predicted octanol–water partition coefficient (Wildman–Crippen LogP) is 2.42. The van der Waals surface area contributed by atoms with Crippen molar-refractivity contribution in [3.8, 4) is 0 Å². The maximum absolute atomic E-state index is 12.7. The number of nitrogens with zero attached hydrogens (tertiary/aromatic N) is 2. The number of hydrogen-bond acceptors (Lipinski definition) is 5. The average molecular weight is 329 g/mol. The monoisotopic (exact) mass is 328 g/mol. The van der Waals surface area contributed by atoms with Crippen LogP contribution in [0.15, 0.2) is 28.0 Å². The van der Waals surface area contributed by atoms with Gasteiger partial charge in [0.15, 0.2) is 0 Å². The molecule has 0 aliphatic rings. The molecule has 8 heteroatoms. The quantitative estimate of drug-likeness (QED) is 0.842. The Balaban J connectivity index is 2.67. The zero-order chi connectivity index (χ0) is 15.9. The molecule has 1 heterocycles. The number of aryl methyl sites for hydroxylation is 1. The lowest BCUT2D eigenvalue weighted by atomic mass is 10.3. The van der Waals surface area contributed by atoms with Gasteiger partial charge in [-0.3, -0.25) is 0 Å². The van der Waals surface area contributed by atoms with Gasteiger partial charge in [0, 0.05) is 6.04 Å². The molecule has 0 aliphatic heterocycles. The molecular weight excluding hydrogens is 312 g/mol. The van der Waals surface area contributed by atoms with Gasteiger partial charge in [-0.15, -0.1) is 0 Å². The number of rotatable bonds is 3. The number of aromatic nitrogens is 2. The molecular formula is C13H17ClN4O2S. The van der Waals surface area contributed by atoms with Crippen molar-refractivity contribution in [2.45, 2.75) is 36.6 Å². The first-order valence-corrected chi connectivity index (χ1v) is 8.17. The average Bonchev–Trinajstić information content (AvgIpc) is 2.68. The summed E-state index contributed by atoms with van der Waals surface area (Å²) in [6.07, 6.45) is 0. The van der Waals surface area contributed by atoms with Crippen molar-refractivity contribution in [2.24, 2.45) is 0 Å². The number of sulfone groups is 1. The Labute approximate surface area is 128 Å². The van der Waals surface area contributed by atoms with E-state index in [0.29, 0.717) is 11.4 Å². The van der Waals surface area contributed by atoms with Crippen LogP contribution in [0.4, 0.5) is 11.5 Å². The molecule has 1 aromatic heterocycles. The van der Waals surface area contributed by atoms with Gasteiger partial charge in [-0.25, -0.2) is 13.1 Å². The number of anilines is 2. The Morgan fingerprint density at radius 2 is 1.90 bits per heavy atom. The lowest BCUT2D eigenvalue weighted by Crippen LogP contribution is -2.10. The minimum Gasteiger partial charge on any atom is -0.398 e. The SMILES string of the molecule is Cc1nn(C(C)C)c(N)c1S(=O)(=O)c1ccc(N)c(Cl)c1. The standard InChI is InChI=1S/C13H17ClN4O2S/c1-7(2)18-13(16)12(8(3)17-18)21(19,20)9-4-5-11(15)10(14)6-9/h4-7H,15-16H2,1-3H3. The van der Waals surface area contributed by atoms with E-state index in [2.05, 4.69) is 5.10 Å². The molecule has 0 saturated heterocycles. The summed E-state index contributed by atoms with van der Waals surface area (Å²) >= 11 is 5.90. The van der Waals surface area contributed by atoms with Gasteiger partial charge in [-0.2, -0.15) is 5.10 Å². The molecule has 0 unspecified atom stereocenters. The first-order valence-electron chi connectivity index (χ1n) is 6.31. The van der Waals surface area contributed by atoms with Crippen LogP contribution in [-0.4, -0.2) is 18.2 Å². The van der Waals surface area contributed by atoms with E-state index in [1.807, 2.05) is 13.8 Å². The Bertz CT molecular complexity index is 797. The van der Waals surface area contributed by atoms with Crippen molar-refractivity contribution in [2.75, 3.05) is 11.5 Å². The minimum atomic E-state index is -3.80. The Hall–Kier alpha value is -1.73. The van der Waals surface area contributed by atoms with Crippen LogP contribution < -0.4 is 11.5 Å². The molecule has 0 atom stereocenters. The highest BCUT2D eigenvalue weighted by Gasteiger charge is 2.28. The smallest absolute Gasteiger partial charge is 0.212 e. The number of nitrogen functional groups attached to an aromatic ring is 2. The number of nitrogens with two attached hydrogens (primary N) is 2. The molecule has 0 spiro atoms. The zero-order valence-corrected chi connectivity index (χ0v) is 13.5. The van der Waals surface area contributed by atoms with Crippen molar-refractivity contribution in [1.82, 2.24) is 9.78 Å². The van der Waals surface area contributed by atoms with Crippen molar-refractivity contribution < 1.29 is 8.42 Å². The molecule has 21 heavy (non-hydrogen) atoms. The summed E-state index contributed by atoms with van der Waals surface area (Å²) in [5.74, 6) is 0.121. The Morgan fingerprint density at radius 1 is 1.29 bits per heavy atom. The highest BCUT2D eigenvalue weighted by molar-refractivity contribution is 7.91. The van der Waals surface area contributed by atoms with Crippen LogP contribution in [-0.2, 0) is 9.84 Å².